The van der Waals surface area contributed by atoms with E-state index in [0.717, 1.165) is 28.7 Å². The van der Waals surface area contributed by atoms with Crippen LogP contribution in [-0.2, 0) is 19.1 Å². The molecule has 166 valence electrons. The number of esters is 1. The van der Waals surface area contributed by atoms with E-state index in [-0.39, 0.29) is 30.8 Å². The van der Waals surface area contributed by atoms with Crippen LogP contribution in [0.5, 0.6) is 0 Å². The van der Waals surface area contributed by atoms with Gasteiger partial charge in [0, 0.05) is 12.3 Å². The molecule has 6 nitrogen and oxygen atoms in total. The number of aryl methyl sites for hydroxylation is 1. The number of ether oxygens (including phenoxy) is 2. The van der Waals surface area contributed by atoms with Crippen molar-refractivity contribution in [3.8, 4) is 0 Å². The molecule has 1 aliphatic rings. The van der Waals surface area contributed by atoms with Gasteiger partial charge in [-0.3, -0.25) is 14.5 Å². The number of nitrogens with zero attached hydrogens (tertiary/aromatic N) is 1. The zero-order valence-electron chi connectivity index (χ0n) is 19.3. The smallest absolute Gasteiger partial charge is 0.410 e. The second-order valence-electron chi connectivity index (χ2n) is 9.13. The lowest BCUT2D eigenvalue weighted by Crippen LogP contribution is -2.39. The van der Waals surface area contributed by atoms with Crippen molar-refractivity contribution in [3.63, 3.8) is 0 Å². The third-order valence-corrected chi connectivity index (χ3v) is 5.79. The molecule has 1 amide bonds. The summed E-state index contributed by atoms with van der Waals surface area (Å²) in [7, 11) is 0. The van der Waals surface area contributed by atoms with Gasteiger partial charge in [-0.05, 0) is 76.6 Å². The summed E-state index contributed by atoms with van der Waals surface area (Å²) in [4.78, 5) is 39.3. The zero-order chi connectivity index (χ0) is 22.6. The maximum atomic E-state index is 13.4. The Morgan fingerprint density at radius 3 is 2.47 bits per heavy atom. The highest BCUT2D eigenvalue weighted by atomic mass is 16.6. The normalized spacial score (nSPS) is 17.6. The Bertz CT molecular complexity index is 809. The SMILES string of the molecule is CC[C@H]1COC(=O)N1CC(=O)[C@@H](CCC(=O)OC(C)(C)C)c1ccc(C)c(C)c1C. The molecule has 0 aliphatic carbocycles. The van der Waals surface area contributed by atoms with Gasteiger partial charge in [-0.25, -0.2) is 4.79 Å². The molecule has 2 rings (SSSR count). The van der Waals surface area contributed by atoms with E-state index in [9.17, 15) is 14.4 Å². The number of cyclic esters (lactones) is 1. The van der Waals surface area contributed by atoms with Gasteiger partial charge in [0.15, 0.2) is 5.78 Å². The molecule has 6 heteroatoms. The fourth-order valence-electron chi connectivity index (χ4n) is 3.80. The summed E-state index contributed by atoms with van der Waals surface area (Å²) in [5.41, 5.74) is 3.68. The average molecular weight is 418 g/mol. The lowest BCUT2D eigenvalue weighted by molar-refractivity contribution is -0.155. The van der Waals surface area contributed by atoms with E-state index in [1.54, 1.807) is 0 Å². The lowest BCUT2D eigenvalue weighted by atomic mass is 9.84. The number of Topliss-reactive ketones (excluding diaryl/α,β-unsaturated/α-hetero) is 1. The molecule has 1 aliphatic heterocycles. The highest BCUT2D eigenvalue weighted by Crippen LogP contribution is 2.30. The van der Waals surface area contributed by atoms with Crippen LogP contribution in [0.25, 0.3) is 0 Å². The summed E-state index contributed by atoms with van der Waals surface area (Å²) >= 11 is 0. The molecule has 1 fully saturated rings. The van der Waals surface area contributed by atoms with Gasteiger partial charge in [0.05, 0.1) is 12.6 Å². The van der Waals surface area contributed by atoms with Crippen LogP contribution >= 0.6 is 0 Å². The van der Waals surface area contributed by atoms with Gasteiger partial charge in [-0.15, -0.1) is 0 Å². The predicted molar refractivity (Wildman–Crippen MR) is 116 cm³/mol. The Morgan fingerprint density at radius 2 is 1.87 bits per heavy atom. The van der Waals surface area contributed by atoms with Gasteiger partial charge in [0.2, 0.25) is 0 Å². The number of hydrogen-bond acceptors (Lipinski definition) is 5. The van der Waals surface area contributed by atoms with Crippen LogP contribution < -0.4 is 0 Å². The Kier molecular flexibility index (Phi) is 7.67. The second kappa shape index (κ2) is 9.63. The van der Waals surface area contributed by atoms with Crippen LogP contribution in [0.1, 0.15) is 75.1 Å². The van der Waals surface area contributed by atoms with Crippen molar-refractivity contribution in [3.05, 3.63) is 34.4 Å². The van der Waals surface area contributed by atoms with Crippen LogP contribution in [-0.4, -0.2) is 47.5 Å². The summed E-state index contributed by atoms with van der Waals surface area (Å²) in [5.74, 6) is -0.890. The lowest BCUT2D eigenvalue weighted by Gasteiger charge is -2.25. The molecule has 1 aromatic rings. The van der Waals surface area contributed by atoms with Crippen molar-refractivity contribution in [2.45, 2.75) is 85.3 Å². The van der Waals surface area contributed by atoms with Gasteiger partial charge in [0.1, 0.15) is 12.2 Å². The van der Waals surface area contributed by atoms with Crippen LogP contribution in [0.3, 0.4) is 0 Å². The minimum absolute atomic E-state index is 0.0112. The number of hydrogen-bond donors (Lipinski definition) is 0. The van der Waals surface area contributed by atoms with E-state index < -0.39 is 17.6 Å². The maximum absolute atomic E-state index is 13.4. The Balaban J connectivity index is 2.27. The molecule has 0 spiro atoms. The van der Waals surface area contributed by atoms with Gasteiger partial charge < -0.3 is 9.47 Å². The van der Waals surface area contributed by atoms with Crippen LogP contribution in [0, 0.1) is 20.8 Å². The number of carbonyl (C=O) groups is 3. The van der Waals surface area contributed by atoms with Crippen molar-refractivity contribution in [2.75, 3.05) is 13.2 Å². The summed E-state index contributed by atoms with van der Waals surface area (Å²) in [6, 6.07) is 3.88. The maximum Gasteiger partial charge on any atom is 0.410 e. The first-order valence-electron chi connectivity index (χ1n) is 10.7. The minimum atomic E-state index is -0.569. The summed E-state index contributed by atoms with van der Waals surface area (Å²) < 4.78 is 10.6. The van der Waals surface area contributed by atoms with E-state index in [0.29, 0.717) is 13.0 Å². The average Bonchev–Trinajstić information content (AvgIpc) is 2.99. The first-order valence-corrected chi connectivity index (χ1v) is 10.7. The zero-order valence-corrected chi connectivity index (χ0v) is 19.3. The first-order chi connectivity index (χ1) is 13.9. The van der Waals surface area contributed by atoms with Crippen molar-refractivity contribution in [1.29, 1.82) is 0 Å². The number of benzene rings is 1. The number of carbonyl (C=O) groups excluding carboxylic acids is 3. The molecular weight excluding hydrogens is 382 g/mol. The van der Waals surface area contributed by atoms with Crippen LogP contribution in [0.4, 0.5) is 4.79 Å². The molecule has 0 aromatic heterocycles. The van der Waals surface area contributed by atoms with Crippen LogP contribution in [0.2, 0.25) is 0 Å². The van der Waals surface area contributed by atoms with E-state index in [2.05, 4.69) is 0 Å². The van der Waals surface area contributed by atoms with Crippen molar-refractivity contribution >= 4 is 17.8 Å². The molecule has 2 atom stereocenters. The first kappa shape index (κ1) is 23.9. The Labute approximate surface area is 179 Å². The summed E-state index contributed by atoms with van der Waals surface area (Å²) in [6.45, 7) is 13.8. The molecule has 1 aromatic carbocycles. The molecule has 0 N–H and O–H groups in total. The minimum Gasteiger partial charge on any atom is -0.460 e. The third kappa shape index (κ3) is 5.83. The summed E-state index contributed by atoms with van der Waals surface area (Å²) in [5, 5.41) is 0. The highest BCUT2D eigenvalue weighted by Gasteiger charge is 2.35. The van der Waals surface area contributed by atoms with E-state index in [1.165, 1.54) is 4.90 Å². The quantitative estimate of drug-likeness (QED) is 0.577. The van der Waals surface area contributed by atoms with E-state index in [4.69, 9.17) is 9.47 Å². The molecule has 1 saturated heterocycles. The van der Waals surface area contributed by atoms with Crippen molar-refractivity contribution in [1.82, 2.24) is 4.90 Å². The Morgan fingerprint density at radius 1 is 1.20 bits per heavy atom. The Hall–Kier alpha value is -2.37. The second-order valence-corrected chi connectivity index (χ2v) is 9.13. The fourth-order valence-corrected chi connectivity index (χ4v) is 3.80. The largest absolute Gasteiger partial charge is 0.460 e. The number of amides is 1. The molecule has 30 heavy (non-hydrogen) atoms. The molecule has 0 saturated carbocycles. The topological polar surface area (TPSA) is 72.9 Å². The van der Waals surface area contributed by atoms with Crippen molar-refractivity contribution < 1.29 is 23.9 Å². The van der Waals surface area contributed by atoms with Gasteiger partial charge >= 0.3 is 12.1 Å². The van der Waals surface area contributed by atoms with Crippen molar-refractivity contribution in [2.24, 2.45) is 0 Å². The van der Waals surface area contributed by atoms with Gasteiger partial charge in [-0.1, -0.05) is 19.1 Å². The summed E-state index contributed by atoms with van der Waals surface area (Å²) in [6.07, 6.45) is 0.765. The van der Waals surface area contributed by atoms with Crippen LogP contribution in [0.15, 0.2) is 12.1 Å². The van der Waals surface area contributed by atoms with E-state index in [1.807, 2.05) is 60.6 Å². The van der Waals surface area contributed by atoms with Gasteiger partial charge in [0.25, 0.3) is 0 Å². The van der Waals surface area contributed by atoms with Gasteiger partial charge in [-0.2, -0.15) is 0 Å². The molecular formula is C24H35NO5. The third-order valence-electron chi connectivity index (χ3n) is 5.79. The molecule has 0 radical (unpaired) electrons. The number of ketones is 1. The highest BCUT2D eigenvalue weighted by molar-refractivity contribution is 5.91. The molecule has 1 heterocycles. The molecule has 0 bridgehead atoms. The standard InChI is InChI=1S/C24H35NO5/c1-8-18-14-29-23(28)25(18)13-21(26)20(11-12-22(27)30-24(5,6)7)19-10-9-15(2)16(3)17(19)4/h9-10,18,20H,8,11-14H2,1-7H3/t18-,20-/m0/s1. The predicted octanol–water partition coefficient (Wildman–Crippen LogP) is 4.62. The fraction of sp³-hybridized carbons (Fsp3) is 0.625. The molecule has 0 unspecified atom stereocenters. The number of rotatable bonds is 8. The monoisotopic (exact) mass is 417 g/mol. The van der Waals surface area contributed by atoms with E-state index >= 15 is 0 Å².